The summed E-state index contributed by atoms with van der Waals surface area (Å²) in [5.41, 5.74) is -4.63. The van der Waals surface area contributed by atoms with Gasteiger partial charge in [0.25, 0.3) is 5.56 Å². The molecule has 0 fully saturated rings. The van der Waals surface area contributed by atoms with Crippen LogP contribution < -0.4 is 16.0 Å². The predicted molar refractivity (Wildman–Crippen MR) is 81.3 cm³/mol. The maximum absolute atomic E-state index is 14.3. The quantitative estimate of drug-likeness (QED) is 0.625. The first-order chi connectivity index (χ1) is 11.6. The first-order valence-electron chi connectivity index (χ1n) is 6.95. The summed E-state index contributed by atoms with van der Waals surface area (Å²) in [6, 6.07) is 2.09. The Morgan fingerprint density at radius 3 is 2.40 bits per heavy atom. The molecule has 2 rings (SSSR count). The van der Waals surface area contributed by atoms with E-state index in [4.69, 9.17) is 11.2 Å². The van der Waals surface area contributed by atoms with Crippen molar-refractivity contribution in [3.63, 3.8) is 0 Å². The van der Waals surface area contributed by atoms with Crippen molar-refractivity contribution < 1.29 is 22.3 Å². The van der Waals surface area contributed by atoms with E-state index in [1.165, 1.54) is 0 Å². The van der Waals surface area contributed by atoms with E-state index in [-0.39, 0.29) is 33.1 Å². The van der Waals surface area contributed by atoms with Crippen molar-refractivity contribution in [2.75, 3.05) is 6.61 Å². The summed E-state index contributed by atoms with van der Waals surface area (Å²) in [5.74, 6) is 1.16. The fourth-order valence-corrected chi connectivity index (χ4v) is 2.22. The maximum atomic E-state index is 14.3. The fraction of sp³-hybridized carbons (Fsp3) is 0.250. The monoisotopic (exact) mass is 356 g/mol. The normalized spacial score (nSPS) is 11.2. The van der Waals surface area contributed by atoms with Crippen molar-refractivity contribution in [3.8, 4) is 23.8 Å². The van der Waals surface area contributed by atoms with Crippen molar-refractivity contribution in [2.24, 2.45) is 7.05 Å². The second-order valence-electron chi connectivity index (χ2n) is 4.92. The third-order valence-corrected chi connectivity index (χ3v) is 3.36. The Kier molecular flexibility index (Phi) is 4.74. The molecule has 0 aliphatic rings. The largest absolute Gasteiger partial charge is 0.492 e. The summed E-state index contributed by atoms with van der Waals surface area (Å²) in [6.45, 7) is 1.80. The van der Waals surface area contributed by atoms with Crippen LogP contribution in [0.1, 0.15) is 18.2 Å². The summed E-state index contributed by atoms with van der Waals surface area (Å²) in [4.78, 5) is 24.2. The Balaban J connectivity index is 2.83. The molecular formula is C16H12F4N2O3. The zero-order chi connectivity index (χ0) is 18.9. The van der Waals surface area contributed by atoms with E-state index in [2.05, 4.69) is 5.92 Å². The molecule has 5 nitrogen and oxygen atoms in total. The van der Waals surface area contributed by atoms with Crippen LogP contribution in [-0.2, 0) is 13.2 Å². The highest BCUT2D eigenvalue weighted by molar-refractivity contribution is 5.52. The van der Waals surface area contributed by atoms with E-state index < -0.39 is 34.6 Å². The molecular weight excluding hydrogens is 344 g/mol. The van der Waals surface area contributed by atoms with Crippen LogP contribution in [0.3, 0.4) is 0 Å². The first kappa shape index (κ1) is 18.3. The van der Waals surface area contributed by atoms with Crippen LogP contribution in [0.4, 0.5) is 17.6 Å². The van der Waals surface area contributed by atoms with E-state index >= 15 is 0 Å². The minimum atomic E-state index is -4.91. The zero-order valence-electron chi connectivity index (χ0n) is 13.1. The average molecular weight is 356 g/mol. The number of nitrogens with zero attached hydrogens (tertiary/aromatic N) is 2. The smallest absolute Gasteiger partial charge is 0.431 e. The molecule has 1 heterocycles. The molecule has 2 aromatic rings. The van der Waals surface area contributed by atoms with Gasteiger partial charge in [0.05, 0.1) is 17.9 Å². The molecule has 0 N–H and O–H groups in total. The number of hydrogen-bond donors (Lipinski definition) is 0. The van der Waals surface area contributed by atoms with Gasteiger partial charge in [-0.05, 0) is 13.0 Å². The molecule has 1 aromatic heterocycles. The van der Waals surface area contributed by atoms with Gasteiger partial charge in [0.2, 0.25) is 0 Å². The van der Waals surface area contributed by atoms with Crippen molar-refractivity contribution >= 4 is 0 Å². The van der Waals surface area contributed by atoms with Gasteiger partial charge in [0, 0.05) is 19.2 Å². The lowest BCUT2D eigenvalue weighted by molar-refractivity contribution is -0.144. The summed E-state index contributed by atoms with van der Waals surface area (Å²) in [6.07, 6.45) is 0.326. The van der Waals surface area contributed by atoms with Crippen LogP contribution in [0, 0.1) is 18.2 Å². The summed E-state index contributed by atoms with van der Waals surface area (Å²) in [7, 11) is 0.832. The molecule has 0 amide bonds. The fourth-order valence-electron chi connectivity index (χ4n) is 2.22. The van der Waals surface area contributed by atoms with Crippen LogP contribution in [-0.4, -0.2) is 15.7 Å². The number of benzene rings is 1. The number of halogens is 4. The number of terminal acetylenes is 1. The number of ether oxygens (including phenoxy) is 1. The maximum Gasteiger partial charge on any atom is 0.431 e. The van der Waals surface area contributed by atoms with Crippen molar-refractivity contribution in [2.45, 2.75) is 13.1 Å². The summed E-state index contributed by atoms with van der Waals surface area (Å²) >= 11 is 0. The van der Waals surface area contributed by atoms with Crippen LogP contribution >= 0.6 is 0 Å². The summed E-state index contributed by atoms with van der Waals surface area (Å²) in [5, 5.41) is 0. The lowest BCUT2D eigenvalue weighted by Gasteiger charge is -2.15. The van der Waals surface area contributed by atoms with E-state index in [1.807, 2.05) is 0 Å². The molecule has 0 aliphatic heterocycles. The second kappa shape index (κ2) is 6.47. The third kappa shape index (κ3) is 3.28. The highest BCUT2D eigenvalue weighted by Gasteiger charge is 2.35. The topological polar surface area (TPSA) is 53.2 Å². The SMILES string of the molecule is C#Cc1cc(F)c(-n2c(=O)cc(C(F)(F)F)n(C)c2=O)cc1OCC. The minimum Gasteiger partial charge on any atom is -0.492 e. The second-order valence-corrected chi connectivity index (χ2v) is 4.92. The molecule has 0 radical (unpaired) electrons. The highest BCUT2D eigenvalue weighted by atomic mass is 19.4. The highest BCUT2D eigenvalue weighted by Crippen LogP contribution is 2.28. The van der Waals surface area contributed by atoms with Gasteiger partial charge in [0.1, 0.15) is 17.3 Å². The van der Waals surface area contributed by atoms with Crippen LogP contribution in [0.2, 0.25) is 0 Å². The number of rotatable bonds is 3. The minimum absolute atomic E-state index is 0.0234. The molecule has 9 heteroatoms. The Morgan fingerprint density at radius 1 is 1.24 bits per heavy atom. The Morgan fingerprint density at radius 2 is 1.88 bits per heavy atom. The molecule has 25 heavy (non-hydrogen) atoms. The average Bonchev–Trinajstić information content (AvgIpc) is 2.52. The summed E-state index contributed by atoms with van der Waals surface area (Å²) < 4.78 is 58.6. The van der Waals surface area contributed by atoms with E-state index in [1.54, 1.807) is 6.92 Å². The van der Waals surface area contributed by atoms with E-state index in [9.17, 15) is 27.2 Å². The first-order valence-corrected chi connectivity index (χ1v) is 6.95. The van der Waals surface area contributed by atoms with Gasteiger partial charge in [-0.15, -0.1) is 6.42 Å². The lowest BCUT2D eigenvalue weighted by Crippen LogP contribution is -2.41. The lowest BCUT2D eigenvalue weighted by atomic mass is 10.1. The Hall–Kier alpha value is -3.02. The molecule has 1 aromatic carbocycles. The van der Waals surface area contributed by atoms with Crippen molar-refractivity contribution in [3.05, 3.63) is 56.1 Å². The van der Waals surface area contributed by atoms with Gasteiger partial charge in [-0.3, -0.25) is 9.36 Å². The molecule has 132 valence electrons. The third-order valence-electron chi connectivity index (χ3n) is 3.36. The molecule has 0 aliphatic carbocycles. The van der Waals surface area contributed by atoms with Gasteiger partial charge in [-0.2, -0.15) is 13.2 Å². The van der Waals surface area contributed by atoms with Gasteiger partial charge in [-0.25, -0.2) is 13.8 Å². The molecule has 0 unspecified atom stereocenters. The standard InChI is InChI=1S/C16H12F4N2O3/c1-4-9-6-10(17)11(7-12(9)25-5-2)22-14(23)8-13(16(18,19)20)21(3)15(22)24/h1,6-8H,5H2,2-3H3. The Bertz CT molecular complexity index is 981. The van der Waals surface area contributed by atoms with Gasteiger partial charge in [0.15, 0.2) is 0 Å². The van der Waals surface area contributed by atoms with Crippen LogP contribution in [0.25, 0.3) is 5.69 Å². The molecule has 0 saturated carbocycles. The molecule has 0 bridgehead atoms. The van der Waals surface area contributed by atoms with Crippen LogP contribution in [0.5, 0.6) is 5.75 Å². The van der Waals surface area contributed by atoms with Gasteiger partial charge >= 0.3 is 11.9 Å². The van der Waals surface area contributed by atoms with Crippen LogP contribution in [0.15, 0.2) is 27.8 Å². The molecule has 0 atom stereocenters. The van der Waals surface area contributed by atoms with E-state index in [0.717, 1.165) is 19.2 Å². The molecule has 0 saturated heterocycles. The van der Waals surface area contributed by atoms with Crippen molar-refractivity contribution in [1.29, 1.82) is 0 Å². The molecule has 0 spiro atoms. The predicted octanol–water partition coefficient (Wildman–Crippen LogP) is 2.07. The zero-order valence-corrected chi connectivity index (χ0v) is 13.1. The van der Waals surface area contributed by atoms with Gasteiger partial charge in [-0.1, -0.05) is 5.92 Å². The number of hydrogen-bond acceptors (Lipinski definition) is 3. The number of aromatic nitrogens is 2. The number of alkyl halides is 3. The van der Waals surface area contributed by atoms with E-state index in [0.29, 0.717) is 0 Å². The Labute approximate surface area is 139 Å². The van der Waals surface area contributed by atoms with Gasteiger partial charge < -0.3 is 4.74 Å². The van der Waals surface area contributed by atoms with Crippen molar-refractivity contribution in [1.82, 2.24) is 9.13 Å².